The highest BCUT2D eigenvalue weighted by Gasteiger charge is 2.27. The van der Waals surface area contributed by atoms with Crippen LogP contribution >= 0.6 is 0 Å². The summed E-state index contributed by atoms with van der Waals surface area (Å²) in [5.41, 5.74) is 3.74. The third-order valence-corrected chi connectivity index (χ3v) is 6.71. The topological polar surface area (TPSA) is 67.2 Å². The van der Waals surface area contributed by atoms with Crippen molar-refractivity contribution < 1.29 is 9.59 Å². The molecule has 4 rings (SSSR count). The summed E-state index contributed by atoms with van der Waals surface area (Å²) in [6, 6.07) is 6.18. The Bertz CT molecular complexity index is 891. The molecule has 0 radical (unpaired) electrons. The zero-order chi connectivity index (χ0) is 21.1. The van der Waals surface area contributed by atoms with Crippen molar-refractivity contribution in [2.24, 2.45) is 0 Å². The van der Waals surface area contributed by atoms with Gasteiger partial charge < -0.3 is 14.8 Å². The van der Waals surface area contributed by atoms with E-state index in [1.54, 1.807) is 24.5 Å². The summed E-state index contributed by atoms with van der Waals surface area (Å²) in [6.45, 7) is 5.51. The lowest BCUT2D eigenvalue weighted by molar-refractivity contribution is 0.0698. The fraction of sp³-hybridized carbons (Fsp3) is 0.542. The van der Waals surface area contributed by atoms with Gasteiger partial charge in [-0.25, -0.2) is 0 Å². The van der Waals surface area contributed by atoms with Gasteiger partial charge in [-0.15, -0.1) is 0 Å². The SMILES string of the molecule is Cc1cc(C(=O)NC2CCN(C(=O)c3ccncc3)CC2)c(C)n1C1CCCCC1. The van der Waals surface area contributed by atoms with E-state index in [4.69, 9.17) is 0 Å². The molecule has 2 aromatic rings. The highest BCUT2D eigenvalue weighted by atomic mass is 16.2. The van der Waals surface area contributed by atoms with E-state index in [1.807, 2.05) is 11.0 Å². The molecular formula is C24H32N4O2. The van der Waals surface area contributed by atoms with Gasteiger partial charge in [-0.1, -0.05) is 19.3 Å². The van der Waals surface area contributed by atoms with Crippen LogP contribution in [0.25, 0.3) is 0 Å². The summed E-state index contributed by atoms with van der Waals surface area (Å²) >= 11 is 0. The van der Waals surface area contributed by atoms with Gasteiger partial charge in [0.1, 0.15) is 0 Å². The number of hydrogen-bond acceptors (Lipinski definition) is 3. The summed E-state index contributed by atoms with van der Waals surface area (Å²) < 4.78 is 2.38. The first kappa shape index (κ1) is 20.6. The van der Waals surface area contributed by atoms with Crippen molar-refractivity contribution in [1.82, 2.24) is 19.8 Å². The Morgan fingerprint density at radius 1 is 1.00 bits per heavy atom. The van der Waals surface area contributed by atoms with Crippen molar-refractivity contribution in [3.8, 4) is 0 Å². The summed E-state index contributed by atoms with van der Waals surface area (Å²) in [7, 11) is 0. The van der Waals surface area contributed by atoms with Crippen LogP contribution in [-0.2, 0) is 0 Å². The molecule has 2 fully saturated rings. The first-order valence-corrected chi connectivity index (χ1v) is 11.2. The van der Waals surface area contributed by atoms with Crippen LogP contribution in [0.4, 0.5) is 0 Å². The van der Waals surface area contributed by atoms with E-state index < -0.39 is 0 Å². The summed E-state index contributed by atoms with van der Waals surface area (Å²) in [5.74, 6) is 0.0577. The van der Waals surface area contributed by atoms with E-state index in [1.165, 1.54) is 37.8 Å². The molecule has 6 nitrogen and oxygen atoms in total. The van der Waals surface area contributed by atoms with Gasteiger partial charge in [0.05, 0.1) is 5.56 Å². The van der Waals surface area contributed by atoms with Crippen LogP contribution in [0.1, 0.15) is 83.1 Å². The number of aryl methyl sites for hydroxylation is 1. The number of nitrogens with zero attached hydrogens (tertiary/aromatic N) is 3. The average Bonchev–Trinajstić information content (AvgIpc) is 3.09. The van der Waals surface area contributed by atoms with Gasteiger partial charge in [-0.3, -0.25) is 14.6 Å². The third-order valence-electron chi connectivity index (χ3n) is 6.71. The number of likely N-dealkylation sites (tertiary alicyclic amines) is 1. The number of pyridine rings is 1. The van der Waals surface area contributed by atoms with E-state index in [0.717, 1.165) is 24.1 Å². The minimum Gasteiger partial charge on any atom is -0.349 e. The Balaban J connectivity index is 1.36. The van der Waals surface area contributed by atoms with Crippen LogP contribution in [0.15, 0.2) is 30.6 Å². The van der Waals surface area contributed by atoms with Crippen LogP contribution in [-0.4, -0.2) is 45.4 Å². The number of rotatable bonds is 4. The second-order valence-electron chi connectivity index (χ2n) is 8.72. The molecule has 0 unspecified atom stereocenters. The molecule has 2 aromatic heterocycles. The first-order chi connectivity index (χ1) is 14.5. The zero-order valence-corrected chi connectivity index (χ0v) is 18.1. The zero-order valence-electron chi connectivity index (χ0n) is 18.1. The molecule has 1 saturated carbocycles. The number of amides is 2. The lowest BCUT2D eigenvalue weighted by Crippen LogP contribution is -2.46. The fourth-order valence-corrected chi connectivity index (χ4v) is 5.08. The van der Waals surface area contributed by atoms with Crippen molar-refractivity contribution in [3.05, 3.63) is 53.1 Å². The fourth-order valence-electron chi connectivity index (χ4n) is 5.08. The number of carbonyl (C=O) groups excluding carboxylic acids is 2. The molecule has 6 heteroatoms. The van der Waals surface area contributed by atoms with Crippen molar-refractivity contribution in [2.75, 3.05) is 13.1 Å². The van der Waals surface area contributed by atoms with Gasteiger partial charge in [0.25, 0.3) is 11.8 Å². The van der Waals surface area contributed by atoms with Crippen LogP contribution in [0.3, 0.4) is 0 Å². The van der Waals surface area contributed by atoms with Crippen molar-refractivity contribution in [2.45, 2.75) is 70.9 Å². The molecule has 2 amide bonds. The number of hydrogen-bond donors (Lipinski definition) is 1. The number of piperidine rings is 1. The maximum absolute atomic E-state index is 13.0. The summed E-state index contributed by atoms with van der Waals surface area (Å²) in [6.07, 6.45) is 11.1. The molecular weight excluding hydrogens is 376 g/mol. The van der Waals surface area contributed by atoms with Crippen molar-refractivity contribution in [1.29, 1.82) is 0 Å². The predicted octanol–water partition coefficient (Wildman–Crippen LogP) is 4.04. The van der Waals surface area contributed by atoms with Gasteiger partial charge in [-0.05, 0) is 57.7 Å². The molecule has 3 heterocycles. The lowest BCUT2D eigenvalue weighted by atomic mass is 9.95. The minimum atomic E-state index is 0.0177. The molecule has 0 bridgehead atoms. The van der Waals surface area contributed by atoms with Crippen LogP contribution in [0, 0.1) is 13.8 Å². The Morgan fingerprint density at radius 3 is 2.33 bits per heavy atom. The van der Waals surface area contributed by atoms with E-state index in [9.17, 15) is 9.59 Å². The highest BCUT2D eigenvalue weighted by Crippen LogP contribution is 2.32. The number of nitrogens with one attached hydrogen (secondary N) is 1. The molecule has 1 N–H and O–H groups in total. The summed E-state index contributed by atoms with van der Waals surface area (Å²) in [5, 5.41) is 3.22. The smallest absolute Gasteiger partial charge is 0.253 e. The van der Waals surface area contributed by atoms with Crippen molar-refractivity contribution in [3.63, 3.8) is 0 Å². The number of carbonyl (C=O) groups is 2. The lowest BCUT2D eigenvalue weighted by Gasteiger charge is -2.32. The van der Waals surface area contributed by atoms with Crippen LogP contribution < -0.4 is 5.32 Å². The first-order valence-electron chi connectivity index (χ1n) is 11.2. The van der Waals surface area contributed by atoms with Crippen LogP contribution in [0.2, 0.25) is 0 Å². The quantitative estimate of drug-likeness (QED) is 0.830. The highest BCUT2D eigenvalue weighted by molar-refractivity contribution is 5.96. The largest absolute Gasteiger partial charge is 0.349 e. The van der Waals surface area contributed by atoms with E-state index in [2.05, 4.69) is 28.7 Å². The maximum Gasteiger partial charge on any atom is 0.253 e. The second kappa shape index (κ2) is 9.02. The predicted molar refractivity (Wildman–Crippen MR) is 117 cm³/mol. The van der Waals surface area contributed by atoms with E-state index in [-0.39, 0.29) is 17.9 Å². The molecule has 0 aromatic carbocycles. The molecule has 30 heavy (non-hydrogen) atoms. The molecule has 1 aliphatic carbocycles. The van der Waals surface area contributed by atoms with Crippen molar-refractivity contribution >= 4 is 11.8 Å². The third kappa shape index (κ3) is 4.27. The Hall–Kier alpha value is -2.63. The molecule has 160 valence electrons. The maximum atomic E-state index is 13.0. The Labute approximate surface area is 178 Å². The second-order valence-corrected chi connectivity index (χ2v) is 8.72. The molecule has 1 saturated heterocycles. The number of aromatic nitrogens is 2. The van der Waals surface area contributed by atoms with E-state index >= 15 is 0 Å². The molecule has 2 aliphatic rings. The van der Waals surface area contributed by atoms with E-state index in [0.29, 0.717) is 24.7 Å². The molecule has 0 spiro atoms. The summed E-state index contributed by atoms with van der Waals surface area (Å²) in [4.78, 5) is 31.4. The minimum absolute atomic E-state index is 0.0177. The van der Waals surface area contributed by atoms with Gasteiger partial charge in [0.15, 0.2) is 0 Å². The monoisotopic (exact) mass is 408 g/mol. The average molecular weight is 409 g/mol. The standard InChI is InChI=1S/C24H32N4O2/c1-17-16-22(18(2)28(17)21-6-4-3-5-7-21)23(29)26-20-10-14-27(15-11-20)24(30)19-8-12-25-13-9-19/h8-9,12-13,16,20-21H,3-7,10-11,14-15H2,1-2H3,(H,26,29). The van der Waals surface area contributed by atoms with Gasteiger partial charge >= 0.3 is 0 Å². The molecule has 0 atom stereocenters. The van der Waals surface area contributed by atoms with Gasteiger partial charge in [0.2, 0.25) is 0 Å². The Morgan fingerprint density at radius 2 is 1.67 bits per heavy atom. The Kier molecular flexibility index (Phi) is 6.21. The normalized spacial score (nSPS) is 18.4. The molecule has 1 aliphatic heterocycles. The van der Waals surface area contributed by atoms with Gasteiger partial charge in [0, 0.05) is 54.5 Å². The van der Waals surface area contributed by atoms with Crippen LogP contribution in [0.5, 0.6) is 0 Å². The van der Waals surface area contributed by atoms with Gasteiger partial charge in [-0.2, -0.15) is 0 Å².